The van der Waals surface area contributed by atoms with Crippen LogP contribution in [-0.2, 0) is 11.2 Å². The van der Waals surface area contributed by atoms with Gasteiger partial charge < -0.3 is 14.0 Å². The molecule has 0 spiro atoms. The summed E-state index contributed by atoms with van der Waals surface area (Å²) < 4.78 is 15.6. The van der Waals surface area contributed by atoms with E-state index in [4.69, 9.17) is 25.6 Å². The third-order valence-corrected chi connectivity index (χ3v) is 3.98. The molecule has 0 saturated carbocycles. The van der Waals surface area contributed by atoms with E-state index < -0.39 is 0 Å². The largest absolute Gasteiger partial charge is 0.493 e. The molecule has 3 aromatic rings. The van der Waals surface area contributed by atoms with Crippen LogP contribution in [0.1, 0.15) is 5.56 Å². The van der Waals surface area contributed by atoms with Crippen molar-refractivity contribution in [2.45, 2.75) is 6.42 Å². The molecule has 26 heavy (non-hydrogen) atoms. The molecule has 1 heterocycles. The molecule has 1 aromatic heterocycles. The Morgan fingerprint density at radius 3 is 2.50 bits per heavy atom. The minimum absolute atomic E-state index is 0.164. The Labute approximate surface area is 155 Å². The second-order valence-electron chi connectivity index (χ2n) is 5.50. The van der Waals surface area contributed by atoms with Crippen molar-refractivity contribution < 1.29 is 18.8 Å². The number of nitrogens with one attached hydrogen (secondary N) is 1. The van der Waals surface area contributed by atoms with E-state index >= 15 is 0 Å². The van der Waals surface area contributed by atoms with Crippen molar-refractivity contribution in [3.05, 3.63) is 59.1 Å². The molecule has 0 radical (unpaired) electrons. The summed E-state index contributed by atoms with van der Waals surface area (Å²) in [5.74, 6) is 1.23. The topological polar surface area (TPSA) is 73.6 Å². The van der Waals surface area contributed by atoms with Crippen molar-refractivity contribution in [2.24, 2.45) is 0 Å². The van der Waals surface area contributed by atoms with Crippen LogP contribution in [-0.4, -0.2) is 25.3 Å². The number of ether oxygens (including phenoxy) is 2. The fourth-order valence-corrected chi connectivity index (χ4v) is 2.57. The number of rotatable bonds is 6. The van der Waals surface area contributed by atoms with Gasteiger partial charge >= 0.3 is 0 Å². The number of carbonyl (C=O) groups is 1. The molecule has 0 bridgehead atoms. The molecule has 2 aromatic carbocycles. The van der Waals surface area contributed by atoms with Gasteiger partial charge in [-0.2, -0.15) is 0 Å². The number of anilines is 1. The van der Waals surface area contributed by atoms with E-state index in [9.17, 15) is 4.79 Å². The van der Waals surface area contributed by atoms with Crippen molar-refractivity contribution in [2.75, 3.05) is 19.5 Å². The molecule has 0 fully saturated rings. The molecule has 0 aliphatic carbocycles. The summed E-state index contributed by atoms with van der Waals surface area (Å²) in [5, 5.41) is 7.29. The summed E-state index contributed by atoms with van der Waals surface area (Å²) >= 11 is 5.87. The molecule has 1 N–H and O–H groups in total. The first-order valence-electron chi connectivity index (χ1n) is 7.82. The molecule has 0 atom stereocenters. The monoisotopic (exact) mass is 372 g/mol. The first-order chi connectivity index (χ1) is 12.6. The molecule has 0 saturated heterocycles. The number of amides is 1. The van der Waals surface area contributed by atoms with Crippen molar-refractivity contribution in [1.82, 2.24) is 5.16 Å². The van der Waals surface area contributed by atoms with Crippen LogP contribution >= 0.6 is 11.6 Å². The Kier molecular flexibility index (Phi) is 5.43. The number of halogens is 1. The highest BCUT2D eigenvalue weighted by atomic mass is 35.5. The molecule has 7 heteroatoms. The maximum atomic E-state index is 12.2. The molecule has 1 amide bonds. The number of nitrogens with zero attached hydrogens (tertiary/aromatic N) is 1. The molecule has 0 unspecified atom stereocenters. The van der Waals surface area contributed by atoms with Gasteiger partial charge in [-0.3, -0.25) is 10.1 Å². The van der Waals surface area contributed by atoms with Crippen LogP contribution in [0.25, 0.3) is 11.3 Å². The second-order valence-corrected chi connectivity index (χ2v) is 5.93. The fraction of sp³-hybridized carbons (Fsp3) is 0.158. The van der Waals surface area contributed by atoms with E-state index in [2.05, 4.69) is 10.5 Å². The van der Waals surface area contributed by atoms with E-state index in [1.54, 1.807) is 50.6 Å². The fourth-order valence-electron chi connectivity index (χ4n) is 2.45. The predicted octanol–water partition coefficient (Wildman–Crippen LogP) is 4.19. The van der Waals surface area contributed by atoms with E-state index in [0.29, 0.717) is 22.2 Å². The SMILES string of the molecule is COc1ccc(CC(=O)Nc2cc(-c3ccc(Cl)cc3)no2)cc1OC. The highest BCUT2D eigenvalue weighted by molar-refractivity contribution is 6.30. The summed E-state index contributed by atoms with van der Waals surface area (Å²) in [6, 6.07) is 14.2. The molecule has 6 nitrogen and oxygen atoms in total. The summed E-state index contributed by atoms with van der Waals surface area (Å²) in [7, 11) is 3.11. The third-order valence-electron chi connectivity index (χ3n) is 3.73. The van der Waals surface area contributed by atoms with Crippen LogP contribution in [0.2, 0.25) is 5.02 Å². The summed E-state index contributed by atoms with van der Waals surface area (Å²) in [4.78, 5) is 12.2. The zero-order valence-electron chi connectivity index (χ0n) is 14.3. The van der Waals surface area contributed by atoms with Gasteiger partial charge in [0.15, 0.2) is 11.5 Å². The molecular weight excluding hydrogens is 356 g/mol. The first kappa shape index (κ1) is 17.8. The van der Waals surface area contributed by atoms with Crippen molar-refractivity contribution in [1.29, 1.82) is 0 Å². The van der Waals surface area contributed by atoms with Gasteiger partial charge in [-0.25, -0.2) is 0 Å². The Hall–Kier alpha value is -2.99. The van der Waals surface area contributed by atoms with E-state index in [-0.39, 0.29) is 18.2 Å². The van der Waals surface area contributed by atoms with Crippen LogP contribution in [0, 0.1) is 0 Å². The number of hydrogen-bond acceptors (Lipinski definition) is 5. The smallest absolute Gasteiger partial charge is 0.231 e. The standard InChI is InChI=1S/C19H17ClN2O4/c1-24-16-8-3-12(9-17(16)25-2)10-18(23)21-19-11-15(22-26-19)13-4-6-14(20)7-5-13/h3-9,11H,10H2,1-2H3,(H,21,23). The van der Waals surface area contributed by atoms with Gasteiger partial charge in [0.05, 0.1) is 20.6 Å². The average Bonchev–Trinajstić information content (AvgIpc) is 3.10. The minimum Gasteiger partial charge on any atom is -0.493 e. The normalized spacial score (nSPS) is 10.4. The summed E-state index contributed by atoms with van der Waals surface area (Å²) in [6.45, 7) is 0. The zero-order chi connectivity index (χ0) is 18.5. The molecule has 0 aliphatic rings. The predicted molar refractivity (Wildman–Crippen MR) is 98.8 cm³/mol. The maximum Gasteiger partial charge on any atom is 0.231 e. The lowest BCUT2D eigenvalue weighted by molar-refractivity contribution is -0.115. The highest BCUT2D eigenvalue weighted by Gasteiger charge is 2.12. The van der Waals surface area contributed by atoms with Crippen LogP contribution in [0.4, 0.5) is 5.88 Å². The van der Waals surface area contributed by atoms with Crippen LogP contribution in [0.3, 0.4) is 0 Å². The molecular formula is C19H17ClN2O4. The van der Waals surface area contributed by atoms with Crippen molar-refractivity contribution in [3.63, 3.8) is 0 Å². The van der Waals surface area contributed by atoms with Gasteiger partial charge in [0.1, 0.15) is 5.69 Å². The number of carbonyl (C=O) groups excluding carboxylic acids is 1. The van der Waals surface area contributed by atoms with Crippen LogP contribution < -0.4 is 14.8 Å². The lowest BCUT2D eigenvalue weighted by atomic mass is 10.1. The number of hydrogen-bond donors (Lipinski definition) is 1. The maximum absolute atomic E-state index is 12.2. The first-order valence-corrected chi connectivity index (χ1v) is 8.20. The van der Waals surface area contributed by atoms with Gasteiger partial charge in [-0.15, -0.1) is 0 Å². The molecule has 0 aliphatic heterocycles. The Balaban J connectivity index is 1.66. The van der Waals surface area contributed by atoms with Gasteiger partial charge in [0.25, 0.3) is 0 Å². The van der Waals surface area contributed by atoms with Crippen molar-refractivity contribution in [3.8, 4) is 22.8 Å². The second kappa shape index (κ2) is 7.93. The van der Waals surface area contributed by atoms with Crippen LogP contribution in [0.5, 0.6) is 11.5 Å². The number of aromatic nitrogens is 1. The van der Waals surface area contributed by atoms with Gasteiger partial charge in [0, 0.05) is 16.7 Å². The quantitative estimate of drug-likeness (QED) is 0.702. The Bertz CT molecular complexity index is 906. The highest BCUT2D eigenvalue weighted by Crippen LogP contribution is 2.28. The molecule has 134 valence electrons. The van der Waals surface area contributed by atoms with Crippen molar-refractivity contribution >= 4 is 23.4 Å². The Morgan fingerprint density at radius 2 is 1.81 bits per heavy atom. The lowest BCUT2D eigenvalue weighted by Crippen LogP contribution is -2.14. The van der Waals surface area contributed by atoms with Crippen LogP contribution in [0.15, 0.2) is 53.1 Å². The minimum atomic E-state index is -0.226. The zero-order valence-corrected chi connectivity index (χ0v) is 15.0. The summed E-state index contributed by atoms with van der Waals surface area (Å²) in [6.07, 6.45) is 0.164. The van der Waals surface area contributed by atoms with E-state index in [1.165, 1.54) is 0 Å². The molecule has 3 rings (SSSR count). The van der Waals surface area contributed by atoms with E-state index in [0.717, 1.165) is 11.1 Å². The van der Waals surface area contributed by atoms with Gasteiger partial charge in [-0.1, -0.05) is 35.0 Å². The van der Waals surface area contributed by atoms with Gasteiger partial charge in [0.2, 0.25) is 11.8 Å². The summed E-state index contributed by atoms with van der Waals surface area (Å²) in [5.41, 5.74) is 2.25. The Morgan fingerprint density at radius 1 is 1.08 bits per heavy atom. The lowest BCUT2D eigenvalue weighted by Gasteiger charge is -2.09. The number of benzene rings is 2. The number of methoxy groups -OCH3 is 2. The van der Waals surface area contributed by atoms with E-state index in [1.807, 2.05) is 12.1 Å². The third kappa shape index (κ3) is 4.15. The van der Waals surface area contributed by atoms with Gasteiger partial charge in [-0.05, 0) is 29.8 Å². The average molecular weight is 373 g/mol.